The number of carbonyl (C=O) groups is 2. The molecule has 0 fully saturated rings. The average molecular weight is 299 g/mol. The Hall–Kier alpha value is -3.02. The fourth-order valence-corrected chi connectivity index (χ4v) is 1.93. The molecular weight excluding hydrogens is 286 g/mol. The predicted octanol–water partition coefficient (Wildman–Crippen LogP) is 2.96. The van der Waals surface area contributed by atoms with Crippen molar-refractivity contribution in [1.82, 2.24) is 4.90 Å². The Bertz CT molecular complexity index is 759. The third-order valence-electron chi connectivity index (χ3n) is 3.03. The minimum absolute atomic E-state index is 0.168. The minimum Gasteiger partial charge on any atom is -0.465 e. The van der Waals surface area contributed by atoms with E-state index in [0.29, 0.717) is 22.8 Å². The van der Waals surface area contributed by atoms with Crippen molar-refractivity contribution in [2.24, 2.45) is 0 Å². The van der Waals surface area contributed by atoms with E-state index in [-0.39, 0.29) is 11.5 Å². The first kappa shape index (κ1) is 13.9. The highest BCUT2D eigenvalue weighted by atomic mass is 16.6. The van der Waals surface area contributed by atoms with Gasteiger partial charge >= 0.3 is 6.09 Å². The molecule has 0 saturated carbocycles. The Kier molecular flexibility index (Phi) is 3.42. The van der Waals surface area contributed by atoms with E-state index >= 15 is 0 Å². The van der Waals surface area contributed by atoms with E-state index in [9.17, 15) is 9.59 Å². The number of hydrogen-bond acceptors (Lipinski definition) is 5. The number of Topliss-reactive ketones (excluding diaryl/α,β-unsaturated/α-hetero) is 1. The van der Waals surface area contributed by atoms with Crippen molar-refractivity contribution in [2.75, 3.05) is 14.1 Å². The number of benzene rings is 1. The van der Waals surface area contributed by atoms with Crippen LogP contribution >= 0.6 is 0 Å². The lowest BCUT2D eigenvalue weighted by Crippen LogP contribution is -2.25. The third-order valence-corrected chi connectivity index (χ3v) is 3.03. The van der Waals surface area contributed by atoms with Gasteiger partial charge in [-0.15, -0.1) is 0 Å². The summed E-state index contributed by atoms with van der Waals surface area (Å²) in [5.74, 6) is 1.12. The van der Waals surface area contributed by atoms with Crippen molar-refractivity contribution >= 4 is 18.0 Å². The topological polar surface area (TPSA) is 69.0 Å². The second-order valence-electron chi connectivity index (χ2n) is 4.88. The van der Waals surface area contributed by atoms with Gasteiger partial charge in [-0.05, 0) is 24.3 Å². The van der Waals surface area contributed by atoms with Gasteiger partial charge in [0.05, 0.1) is 11.8 Å². The van der Waals surface area contributed by atoms with E-state index in [1.165, 1.54) is 23.3 Å². The lowest BCUT2D eigenvalue weighted by molar-refractivity contribution is 0.101. The molecule has 0 spiro atoms. The fraction of sp³-hybridized carbons (Fsp3) is 0.125. The number of rotatable bonds is 2. The number of fused-ring (bicyclic) bond motifs is 1. The highest BCUT2D eigenvalue weighted by molar-refractivity contribution is 6.14. The van der Waals surface area contributed by atoms with E-state index in [1.54, 1.807) is 38.4 Å². The Morgan fingerprint density at radius 1 is 1.27 bits per heavy atom. The molecule has 22 heavy (non-hydrogen) atoms. The van der Waals surface area contributed by atoms with Crippen LogP contribution in [0.15, 0.2) is 46.8 Å². The third kappa shape index (κ3) is 2.58. The summed E-state index contributed by atoms with van der Waals surface area (Å²) in [6.07, 6.45) is 2.53. The van der Waals surface area contributed by atoms with Crippen molar-refractivity contribution in [1.29, 1.82) is 0 Å². The molecule has 3 rings (SSSR count). The molecule has 1 aliphatic rings. The number of nitrogens with zero attached hydrogens (tertiary/aromatic N) is 1. The first-order valence-corrected chi connectivity index (χ1v) is 6.55. The van der Waals surface area contributed by atoms with Crippen LogP contribution in [0.3, 0.4) is 0 Å². The molecule has 0 unspecified atom stereocenters. The summed E-state index contributed by atoms with van der Waals surface area (Å²) in [5, 5.41) is 0. The molecule has 1 aromatic carbocycles. The van der Waals surface area contributed by atoms with Gasteiger partial charge in [0.2, 0.25) is 5.78 Å². The van der Waals surface area contributed by atoms with Gasteiger partial charge in [-0.1, -0.05) is 0 Å². The van der Waals surface area contributed by atoms with Gasteiger partial charge in [-0.3, -0.25) is 4.79 Å². The molecule has 0 radical (unpaired) electrons. The molecule has 1 aromatic heterocycles. The Morgan fingerprint density at radius 3 is 2.77 bits per heavy atom. The first-order chi connectivity index (χ1) is 10.5. The predicted molar refractivity (Wildman–Crippen MR) is 77.8 cm³/mol. The zero-order chi connectivity index (χ0) is 15.7. The van der Waals surface area contributed by atoms with Gasteiger partial charge in [0.25, 0.3) is 0 Å². The molecule has 6 nitrogen and oxygen atoms in total. The smallest absolute Gasteiger partial charge is 0.414 e. The lowest BCUT2D eigenvalue weighted by atomic mass is 10.1. The van der Waals surface area contributed by atoms with Gasteiger partial charge in [-0.2, -0.15) is 0 Å². The quantitative estimate of drug-likeness (QED) is 0.797. The van der Waals surface area contributed by atoms with Crippen LogP contribution in [-0.2, 0) is 0 Å². The van der Waals surface area contributed by atoms with Crippen LogP contribution in [0, 0.1) is 0 Å². The summed E-state index contributed by atoms with van der Waals surface area (Å²) in [6, 6.07) is 8.07. The minimum atomic E-state index is -0.504. The van der Waals surface area contributed by atoms with Crippen LogP contribution in [0.25, 0.3) is 6.08 Å². The van der Waals surface area contributed by atoms with Crippen LogP contribution in [0.5, 0.6) is 11.5 Å². The number of ketones is 1. The average Bonchev–Trinajstić information content (AvgIpc) is 3.08. The van der Waals surface area contributed by atoms with E-state index in [2.05, 4.69) is 0 Å². The highest BCUT2D eigenvalue weighted by Gasteiger charge is 2.28. The maximum Gasteiger partial charge on any atom is 0.414 e. The van der Waals surface area contributed by atoms with Crippen molar-refractivity contribution < 1.29 is 23.5 Å². The zero-order valence-electron chi connectivity index (χ0n) is 12.0. The summed E-state index contributed by atoms with van der Waals surface area (Å²) in [7, 11) is 3.17. The molecule has 112 valence electrons. The summed E-state index contributed by atoms with van der Waals surface area (Å²) in [4.78, 5) is 25.0. The van der Waals surface area contributed by atoms with Crippen LogP contribution in [0.4, 0.5) is 4.79 Å². The molecule has 1 aliphatic heterocycles. The molecule has 0 bridgehead atoms. The van der Waals surface area contributed by atoms with Crippen LogP contribution in [0.1, 0.15) is 16.1 Å². The fourth-order valence-electron chi connectivity index (χ4n) is 1.93. The molecule has 0 saturated heterocycles. The van der Waals surface area contributed by atoms with Gasteiger partial charge in [-0.25, -0.2) is 4.79 Å². The van der Waals surface area contributed by atoms with Gasteiger partial charge in [0.1, 0.15) is 17.3 Å². The molecule has 0 atom stereocenters. The molecule has 0 aliphatic carbocycles. The summed E-state index contributed by atoms with van der Waals surface area (Å²) in [6.45, 7) is 0. The van der Waals surface area contributed by atoms with Crippen molar-refractivity contribution in [2.45, 2.75) is 0 Å². The van der Waals surface area contributed by atoms with Crippen LogP contribution in [0.2, 0.25) is 0 Å². The second kappa shape index (κ2) is 5.40. The van der Waals surface area contributed by atoms with E-state index < -0.39 is 6.09 Å². The van der Waals surface area contributed by atoms with Gasteiger partial charge in [0, 0.05) is 26.2 Å². The number of carbonyl (C=O) groups excluding carboxylic acids is 2. The summed E-state index contributed by atoms with van der Waals surface area (Å²) >= 11 is 0. The lowest BCUT2D eigenvalue weighted by Gasteiger charge is -2.10. The monoisotopic (exact) mass is 299 g/mol. The molecule has 0 N–H and O–H groups in total. The SMILES string of the molecule is CN(C)C(=O)Oc1ccc2c(c1)O/C(=C\c1ccco1)C2=O. The molecular formula is C16H13NO5. The number of furan rings is 1. The summed E-state index contributed by atoms with van der Waals surface area (Å²) < 4.78 is 15.8. The van der Waals surface area contributed by atoms with Crippen molar-refractivity contribution in [3.8, 4) is 11.5 Å². The maximum atomic E-state index is 12.2. The van der Waals surface area contributed by atoms with Crippen molar-refractivity contribution in [3.63, 3.8) is 0 Å². The Labute approximate surface area is 126 Å². The standard InChI is InChI=1S/C16H13NO5/c1-17(2)16(19)21-11-5-6-12-13(9-11)22-14(15(12)18)8-10-4-3-7-20-10/h3-9H,1-2H3/b14-8-. The summed E-state index contributed by atoms with van der Waals surface area (Å²) in [5.41, 5.74) is 0.419. The number of ether oxygens (including phenoxy) is 2. The molecule has 6 heteroatoms. The van der Waals surface area contributed by atoms with E-state index in [1.807, 2.05) is 0 Å². The van der Waals surface area contributed by atoms with Crippen LogP contribution < -0.4 is 9.47 Å². The second-order valence-corrected chi connectivity index (χ2v) is 4.88. The van der Waals surface area contributed by atoms with Gasteiger partial charge < -0.3 is 18.8 Å². The number of allylic oxidation sites excluding steroid dienone is 1. The van der Waals surface area contributed by atoms with E-state index in [4.69, 9.17) is 13.9 Å². The normalized spacial score (nSPS) is 14.6. The van der Waals surface area contributed by atoms with Crippen LogP contribution in [-0.4, -0.2) is 30.9 Å². The largest absolute Gasteiger partial charge is 0.465 e. The molecule has 2 aromatic rings. The van der Waals surface area contributed by atoms with E-state index in [0.717, 1.165) is 0 Å². The molecule has 2 heterocycles. The first-order valence-electron chi connectivity index (χ1n) is 6.55. The highest BCUT2D eigenvalue weighted by Crippen LogP contribution is 2.35. The van der Waals surface area contributed by atoms with Crippen molar-refractivity contribution in [3.05, 3.63) is 53.7 Å². The van der Waals surface area contributed by atoms with Gasteiger partial charge in [0.15, 0.2) is 5.76 Å². The maximum absolute atomic E-state index is 12.2. The number of hydrogen-bond donors (Lipinski definition) is 0. The Morgan fingerprint density at radius 2 is 2.09 bits per heavy atom. The Balaban J connectivity index is 1.85. The zero-order valence-corrected chi connectivity index (χ0v) is 12.0. The number of amides is 1. The molecule has 1 amide bonds.